The van der Waals surface area contributed by atoms with Gasteiger partial charge < -0.3 is 14.6 Å². The zero-order valence-electron chi connectivity index (χ0n) is 24.2. The highest BCUT2D eigenvalue weighted by Gasteiger charge is 2.41. The van der Waals surface area contributed by atoms with E-state index in [-0.39, 0.29) is 18.5 Å². The third-order valence-corrected chi connectivity index (χ3v) is 10.2. The minimum absolute atomic E-state index is 0.208. The van der Waals surface area contributed by atoms with E-state index in [4.69, 9.17) is 14.7 Å². The molecule has 1 saturated carbocycles. The molecule has 1 amide bonds. The number of fused-ring (bicyclic) bond motifs is 2. The summed E-state index contributed by atoms with van der Waals surface area (Å²) >= 11 is 3.58. The first-order valence-corrected chi connectivity index (χ1v) is 18.7. The number of hydrogen-bond donors (Lipinski definition) is 1. The summed E-state index contributed by atoms with van der Waals surface area (Å²) in [5.41, 5.74) is 3.86. The molecule has 3 heterocycles. The zero-order chi connectivity index (χ0) is 29.6. The average molecular weight is 650 g/mol. The summed E-state index contributed by atoms with van der Waals surface area (Å²) in [4.78, 5) is 23.7. The number of aromatic nitrogens is 5. The second-order valence-electron chi connectivity index (χ2n) is 12.3. The predicted molar refractivity (Wildman–Crippen MR) is 168 cm³/mol. The molecule has 0 spiro atoms. The summed E-state index contributed by atoms with van der Waals surface area (Å²) in [5, 5.41) is 8.72. The van der Waals surface area contributed by atoms with Gasteiger partial charge in [-0.05, 0) is 61.2 Å². The van der Waals surface area contributed by atoms with Crippen molar-refractivity contribution in [2.24, 2.45) is 7.05 Å². The van der Waals surface area contributed by atoms with Crippen LogP contribution in [0.25, 0.3) is 33.5 Å². The Bertz CT molecular complexity index is 1810. The van der Waals surface area contributed by atoms with Crippen molar-refractivity contribution in [1.82, 2.24) is 29.6 Å². The quantitative estimate of drug-likeness (QED) is 0.137. The smallest absolute Gasteiger partial charge is 0.255 e. The molecule has 11 heteroatoms. The fourth-order valence-corrected chi connectivity index (χ4v) is 6.63. The van der Waals surface area contributed by atoms with Crippen molar-refractivity contribution in [2.45, 2.75) is 57.2 Å². The number of hydrogen-bond acceptors (Lipinski definition) is 5. The summed E-state index contributed by atoms with van der Waals surface area (Å²) < 4.78 is 24.5. The van der Waals surface area contributed by atoms with Crippen molar-refractivity contribution in [3.63, 3.8) is 0 Å². The molecule has 0 saturated heterocycles. The molecule has 1 aliphatic rings. The Kier molecular flexibility index (Phi) is 7.53. The lowest BCUT2D eigenvalue weighted by Gasteiger charge is -2.43. The topological polar surface area (TPSA) is 86.9 Å². The van der Waals surface area contributed by atoms with Crippen LogP contribution in [0.1, 0.15) is 35.2 Å². The number of nitrogens with one attached hydrogen (secondary N) is 1. The van der Waals surface area contributed by atoms with Gasteiger partial charge in [-0.2, -0.15) is 5.10 Å². The van der Waals surface area contributed by atoms with E-state index in [2.05, 4.69) is 58.1 Å². The molecule has 8 nitrogen and oxygen atoms in total. The van der Waals surface area contributed by atoms with Crippen molar-refractivity contribution < 1.29 is 13.9 Å². The van der Waals surface area contributed by atoms with Gasteiger partial charge in [0, 0.05) is 37.8 Å². The van der Waals surface area contributed by atoms with Gasteiger partial charge in [0.2, 0.25) is 0 Å². The molecule has 218 valence electrons. The van der Waals surface area contributed by atoms with E-state index in [9.17, 15) is 9.18 Å². The first-order valence-electron chi connectivity index (χ1n) is 14.2. The number of ether oxygens (including phenoxy) is 1. The maximum absolute atomic E-state index is 14.0. The Morgan fingerprint density at radius 2 is 2.00 bits per heavy atom. The molecule has 5 aromatic rings. The van der Waals surface area contributed by atoms with E-state index in [0.717, 1.165) is 40.7 Å². The summed E-state index contributed by atoms with van der Waals surface area (Å²) in [6.45, 7) is 7.85. The maximum Gasteiger partial charge on any atom is 0.255 e. The Morgan fingerprint density at radius 1 is 1.19 bits per heavy atom. The summed E-state index contributed by atoms with van der Waals surface area (Å²) in [5.74, 6) is -0.543. The van der Waals surface area contributed by atoms with Gasteiger partial charge in [0.1, 0.15) is 29.5 Å². The fourth-order valence-electron chi connectivity index (χ4n) is 5.48. The Morgan fingerprint density at radius 3 is 2.71 bits per heavy atom. The first-order chi connectivity index (χ1) is 20.0. The van der Waals surface area contributed by atoms with E-state index in [1.807, 2.05) is 16.7 Å². The lowest BCUT2D eigenvalue weighted by atomic mass is 9.71. The van der Waals surface area contributed by atoms with Crippen LogP contribution in [0, 0.1) is 5.82 Å². The van der Waals surface area contributed by atoms with Gasteiger partial charge in [0.05, 0.1) is 22.8 Å². The SMILES string of the molecule is Cn1nc(-c2cnc3c(n2)c(C(=O)NC2(c4cccc(Br)c4)CCC2)cn3COCC[Si](C)(C)C)c2ccc(F)cc21. The van der Waals surface area contributed by atoms with Gasteiger partial charge in [-0.1, -0.05) is 47.7 Å². The molecule has 0 radical (unpaired) electrons. The number of nitrogens with zero attached hydrogens (tertiary/aromatic N) is 5. The minimum Gasteiger partial charge on any atom is -0.361 e. The normalized spacial score (nSPS) is 14.8. The molecule has 6 rings (SSSR count). The van der Waals surface area contributed by atoms with Crippen LogP contribution >= 0.6 is 15.9 Å². The lowest BCUT2D eigenvalue weighted by Crippen LogP contribution is -2.50. The highest BCUT2D eigenvalue weighted by Crippen LogP contribution is 2.42. The maximum atomic E-state index is 14.0. The van der Waals surface area contributed by atoms with Crippen molar-refractivity contribution in [3.05, 3.63) is 76.3 Å². The van der Waals surface area contributed by atoms with Crippen LogP contribution in [0.15, 0.2) is 59.3 Å². The Labute approximate surface area is 253 Å². The van der Waals surface area contributed by atoms with Gasteiger partial charge in [0.15, 0.2) is 5.65 Å². The van der Waals surface area contributed by atoms with Crippen molar-refractivity contribution in [3.8, 4) is 11.4 Å². The third kappa shape index (κ3) is 5.52. The van der Waals surface area contributed by atoms with Gasteiger partial charge in [0.25, 0.3) is 5.91 Å². The average Bonchev–Trinajstić information content (AvgIpc) is 3.45. The molecule has 1 aliphatic carbocycles. The van der Waals surface area contributed by atoms with Crippen molar-refractivity contribution >= 4 is 52.0 Å². The number of benzene rings is 2. The molecular formula is C31H34BrFN6O2Si. The molecule has 0 atom stereocenters. The number of carbonyl (C=O) groups excluding carboxylic acids is 1. The second-order valence-corrected chi connectivity index (χ2v) is 18.9. The van der Waals surface area contributed by atoms with Crippen molar-refractivity contribution in [1.29, 1.82) is 0 Å². The minimum atomic E-state index is -1.25. The van der Waals surface area contributed by atoms with Gasteiger partial charge in [-0.15, -0.1) is 0 Å². The summed E-state index contributed by atoms with van der Waals surface area (Å²) in [6.07, 6.45) is 6.21. The predicted octanol–water partition coefficient (Wildman–Crippen LogP) is 7.01. The lowest BCUT2D eigenvalue weighted by molar-refractivity contribution is 0.0819. The summed E-state index contributed by atoms with van der Waals surface area (Å²) in [7, 11) is 0.514. The van der Waals surface area contributed by atoms with E-state index >= 15 is 0 Å². The van der Waals surface area contributed by atoms with E-state index < -0.39 is 13.6 Å². The second kappa shape index (κ2) is 11.0. The fraction of sp³-hybridized carbons (Fsp3) is 0.355. The number of rotatable bonds is 9. The van der Waals surface area contributed by atoms with Gasteiger partial charge in [-0.3, -0.25) is 9.48 Å². The van der Waals surface area contributed by atoms with E-state index in [0.29, 0.717) is 40.2 Å². The number of aryl methyl sites for hydroxylation is 1. The molecule has 42 heavy (non-hydrogen) atoms. The van der Waals surface area contributed by atoms with Gasteiger partial charge in [-0.25, -0.2) is 14.4 Å². The molecule has 0 bridgehead atoms. The highest BCUT2D eigenvalue weighted by atomic mass is 79.9. The van der Waals surface area contributed by atoms with Crippen LogP contribution < -0.4 is 5.32 Å². The number of carbonyl (C=O) groups is 1. The van der Waals surface area contributed by atoms with E-state index in [1.54, 1.807) is 30.2 Å². The van der Waals surface area contributed by atoms with Crippen LogP contribution in [0.3, 0.4) is 0 Å². The Hall–Kier alpha value is -3.41. The Balaban J connectivity index is 1.39. The monoisotopic (exact) mass is 648 g/mol. The van der Waals surface area contributed by atoms with E-state index in [1.165, 1.54) is 12.1 Å². The van der Waals surface area contributed by atoms with Crippen LogP contribution in [-0.2, 0) is 24.1 Å². The highest BCUT2D eigenvalue weighted by molar-refractivity contribution is 9.10. The van der Waals surface area contributed by atoms with Crippen LogP contribution in [0.2, 0.25) is 25.7 Å². The molecule has 2 aromatic carbocycles. The number of halogens is 2. The third-order valence-electron chi connectivity index (χ3n) is 8.03. The molecule has 0 unspecified atom stereocenters. The van der Waals surface area contributed by atoms with Crippen LogP contribution in [0.5, 0.6) is 0 Å². The molecule has 1 fully saturated rings. The largest absolute Gasteiger partial charge is 0.361 e. The van der Waals surface area contributed by atoms with Crippen LogP contribution in [-0.4, -0.2) is 44.9 Å². The zero-order valence-corrected chi connectivity index (χ0v) is 26.8. The van der Waals surface area contributed by atoms with Crippen molar-refractivity contribution in [2.75, 3.05) is 6.61 Å². The molecule has 0 aliphatic heterocycles. The van der Waals surface area contributed by atoms with Gasteiger partial charge >= 0.3 is 0 Å². The van der Waals surface area contributed by atoms with Crippen LogP contribution in [0.4, 0.5) is 4.39 Å². The molecule has 3 aromatic heterocycles. The first kappa shape index (κ1) is 28.7. The molecule has 1 N–H and O–H groups in total. The number of amides is 1. The molecular weight excluding hydrogens is 615 g/mol. The standard InChI is InChI=1S/C31H34BrFN6O2Si/c1-38-26-16-22(33)9-10-23(26)27(37-38)25-17-34-29-28(35-25)24(18-39(29)19-41-13-14-42(2,3)4)30(40)36-31(11-6-12-31)20-7-5-8-21(32)15-20/h5,7-10,15-18H,6,11-14,19H2,1-4H3,(H,36,40). The summed E-state index contributed by atoms with van der Waals surface area (Å²) in [6, 6.07) is 13.7.